The van der Waals surface area contributed by atoms with Crippen LogP contribution in [0.15, 0.2) is 48.5 Å². The zero-order valence-electron chi connectivity index (χ0n) is 23.6. The maximum atomic E-state index is 6.76. The average molecular weight is 499 g/mol. The molecule has 0 radical (unpaired) electrons. The second-order valence-electron chi connectivity index (χ2n) is 13.7. The molecule has 37 heavy (non-hydrogen) atoms. The van der Waals surface area contributed by atoms with Crippen molar-refractivity contribution < 1.29 is 9.47 Å². The van der Waals surface area contributed by atoms with Gasteiger partial charge in [-0.3, -0.25) is 0 Å². The number of benzene rings is 3. The highest BCUT2D eigenvalue weighted by atomic mass is 16.7. The summed E-state index contributed by atoms with van der Waals surface area (Å²) in [7, 11) is 0. The van der Waals surface area contributed by atoms with Crippen LogP contribution in [0.25, 0.3) is 21.5 Å². The molecule has 3 aromatic rings. The maximum absolute atomic E-state index is 6.76. The van der Waals surface area contributed by atoms with Gasteiger partial charge in [-0.25, -0.2) is 0 Å². The van der Waals surface area contributed by atoms with Crippen molar-refractivity contribution in [1.29, 1.82) is 0 Å². The van der Waals surface area contributed by atoms with Crippen LogP contribution in [0.5, 0.6) is 5.75 Å². The normalized spacial score (nSPS) is 28.5. The second kappa shape index (κ2) is 9.92. The summed E-state index contributed by atoms with van der Waals surface area (Å²) in [4.78, 5) is 0. The summed E-state index contributed by atoms with van der Waals surface area (Å²) in [6.45, 7) is 12.4. The monoisotopic (exact) mass is 498 g/mol. The average Bonchev–Trinajstić information content (AvgIpc) is 2.85. The third-order valence-electron chi connectivity index (χ3n) is 9.90. The summed E-state index contributed by atoms with van der Waals surface area (Å²) in [6, 6.07) is 17.8. The summed E-state index contributed by atoms with van der Waals surface area (Å²) in [5.74, 6) is 5.57. The van der Waals surface area contributed by atoms with E-state index in [1.165, 1.54) is 72.1 Å². The van der Waals surface area contributed by atoms with Crippen LogP contribution in [0.2, 0.25) is 0 Å². The van der Waals surface area contributed by atoms with E-state index in [9.17, 15) is 0 Å². The van der Waals surface area contributed by atoms with Crippen LogP contribution >= 0.6 is 0 Å². The smallest absolute Gasteiger partial charge is 0.197 e. The van der Waals surface area contributed by atoms with Gasteiger partial charge in [-0.05, 0) is 109 Å². The van der Waals surface area contributed by atoms with Gasteiger partial charge in [0.2, 0.25) is 0 Å². The van der Waals surface area contributed by atoms with Crippen molar-refractivity contribution in [3.8, 4) is 5.75 Å². The summed E-state index contributed by atoms with van der Waals surface area (Å²) in [5, 5.41) is 5.11. The van der Waals surface area contributed by atoms with Gasteiger partial charge in [0.05, 0.1) is 6.61 Å². The Morgan fingerprint density at radius 3 is 1.68 bits per heavy atom. The van der Waals surface area contributed by atoms with Gasteiger partial charge in [-0.15, -0.1) is 0 Å². The molecule has 2 nitrogen and oxygen atoms in total. The molecule has 4 fully saturated rings. The summed E-state index contributed by atoms with van der Waals surface area (Å²) in [5.41, 5.74) is 1.89. The van der Waals surface area contributed by atoms with Crippen molar-refractivity contribution in [1.82, 2.24) is 0 Å². The van der Waals surface area contributed by atoms with Crippen molar-refractivity contribution >= 4 is 21.5 Å². The fraction of sp³-hybridized carbons (Fsp3) is 0.600. The standard InChI is InChI=1S/C35H46O2/c1-22(2)14-32(23(3)4)33-28-10-6-8-12-30(28)34(31-13-9-7-11-29(31)33)37-24(5)36-21-35-18-25-15-26(19-35)17-27(16-25)20-35/h6-13,22-27,32H,14-21H2,1-5H3. The van der Waals surface area contributed by atoms with Gasteiger partial charge in [-0.1, -0.05) is 76.2 Å². The fourth-order valence-electron chi connectivity index (χ4n) is 8.84. The van der Waals surface area contributed by atoms with Crippen molar-refractivity contribution in [3.05, 3.63) is 54.1 Å². The van der Waals surface area contributed by atoms with E-state index < -0.39 is 0 Å². The molecule has 198 valence electrons. The molecule has 0 saturated heterocycles. The summed E-state index contributed by atoms with van der Waals surface area (Å²) in [6.07, 6.45) is 9.48. The first kappa shape index (κ1) is 25.2. The minimum absolute atomic E-state index is 0.262. The molecule has 0 N–H and O–H groups in total. The third kappa shape index (κ3) is 4.80. The number of hydrogen-bond acceptors (Lipinski definition) is 2. The fourth-order valence-corrected chi connectivity index (χ4v) is 8.84. The van der Waals surface area contributed by atoms with Crippen LogP contribution in [-0.2, 0) is 4.74 Å². The molecule has 0 aliphatic heterocycles. The molecule has 0 heterocycles. The Bertz CT molecular complexity index is 1160. The molecular formula is C35H46O2. The van der Waals surface area contributed by atoms with Gasteiger partial charge in [0.1, 0.15) is 5.75 Å². The van der Waals surface area contributed by atoms with E-state index >= 15 is 0 Å². The van der Waals surface area contributed by atoms with E-state index in [1.807, 2.05) is 0 Å². The molecule has 4 aliphatic carbocycles. The van der Waals surface area contributed by atoms with Crippen LogP contribution < -0.4 is 4.74 Å². The Hall–Kier alpha value is -2.06. The zero-order valence-corrected chi connectivity index (χ0v) is 23.6. The van der Waals surface area contributed by atoms with Crippen LogP contribution in [0.1, 0.15) is 91.0 Å². The van der Waals surface area contributed by atoms with E-state index in [0.29, 0.717) is 23.2 Å². The summed E-state index contributed by atoms with van der Waals surface area (Å²) >= 11 is 0. The molecule has 7 rings (SSSR count). The second-order valence-corrected chi connectivity index (χ2v) is 13.7. The number of ether oxygens (including phenoxy) is 2. The van der Waals surface area contributed by atoms with Gasteiger partial charge >= 0.3 is 0 Å². The predicted molar refractivity (Wildman–Crippen MR) is 155 cm³/mol. The number of fused-ring (bicyclic) bond motifs is 2. The number of hydrogen-bond donors (Lipinski definition) is 0. The van der Waals surface area contributed by atoms with Crippen LogP contribution in [0.4, 0.5) is 0 Å². The molecule has 4 aliphatic rings. The minimum atomic E-state index is -0.262. The Morgan fingerprint density at radius 2 is 1.22 bits per heavy atom. The van der Waals surface area contributed by atoms with Crippen molar-refractivity contribution in [3.63, 3.8) is 0 Å². The van der Waals surface area contributed by atoms with Crippen LogP contribution in [0.3, 0.4) is 0 Å². The molecule has 0 aromatic heterocycles. The van der Waals surface area contributed by atoms with E-state index in [2.05, 4.69) is 83.1 Å². The van der Waals surface area contributed by atoms with E-state index in [4.69, 9.17) is 9.47 Å². The minimum Gasteiger partial charge on any atom is -0.464 e. The Balaban J connectivity index is 1.33. The third-order valence-corrected chi connectivity index (χ3v) is 9.90. The van der Waals surface area contributed by atoms with Crippen molar-refractivity contribution in [2.45, 2.75) is 91.8 Å². The Morgan fingerprint density at radius 1 is 0.730 bits per heavy atom. The predicted octanol–water partition coefficient (Wildman–Crippen LogP) is 9.74. The van der Waals surface area contributed by atoms with Gasteiger partial charge in [0, 0.05) is 10.8 Å². The summed E-state index contributed by atoms with van der Waals surface area (Å²) < 4.78 is 13.3. The van der Waals surface area contributed by atoms with Gasteiger partial charge in [-0.2, -0.15) is 0 Å². The molecule has 2 heteroatoms. The highest BCUT2D eigenvalue weighted by Gasteiger charge is 2.51. The molecule has 4 saturated carbocycles. The molecular weight excluding hydrogens is 452 g/mol. The van der Waals surface area contributed by atoms with Gasteiger partial charge in [0.25, 0.3) is 0 Å². The molecule has 3 aromatic carbocycles. The quantitative estimate of drug-likeness (QED) is 0.216. The Labute approximate surface area is 224 Å². The topological polar surface area (TPSA) is 18.5 Å². The molecule has 0 amide bonds. The van der Waals surface area contributed by atoms with E-state index in [-0.39, 0.29) is 6.29 Å². The molecule has 4 bridgehead atoms. The highest BCUT2D eigenvalue weighted by Crippen LogP contribution is 2.60. The van der Waals surface area contributed by atoms with E-state index in [1.54, 1.807) is 0 Å². The first-order valence-corrected chi connectivity index (χ1v) is 15.0. The molecule has 2 unspecified atom stereocenters. The largest absolute Gasteiger partial charge is 0.464 e. The first-order valence-electron chi connectivity index (χ1n) is 15.0. The lowest BCUT2D eigenvalue weighted by Crippen LogP contribution is -2.48. The van der Waals surface area contributed by atoms with Crippen molar-refractivity contribution in [2.75, 3.05) is 6.61 Å². The highest BCUT2D eigenvalue weighted by molar-refractivity contribution is 6.09. The zero-order chi connectivity index (χ0) is 25.7. The SMILES string of the molecule is CC(C)CC(c1c2ccccc2c(OC(C)OCC23CC4CC(CC(C4)C2)C3)c2ccccc12)C(C)C. The lowest BCUT2D eigenvalue weighted by Gasteiger charge is -2.56. The molecule has 0 spiro atoms. The number of rotatable bonds is 9. The van der Waals surface area contributed by atoms with Crippen LogP contribution in [0, 0.1) is 35.0 Å². The lowest BCUT2D eigenvalue weighted by molar-refractivity contribution is -0.146. The maximum Gasteiger partial charge on any atom is 0.197 e. The van der Waals surface area contributed by atoms with Crippen molar-refractivity contribution in [2.24, 2.45) is 35.0 Å². The van der Waals surface area contributed by atoms with Gasteiger partial charge in [0.15, 0.2) is 6.29 Å². The van der Waals surface area contributed by atoms with Gasteiger partial charge < -0.3 is 9.47 Å². The first-order chi connectivity index (χ1) is 17.8. The molecule has 2 atom stereocenters. The lowest BCUT2D eigenvalue weighted by atomic mass is 9.50. The Kier molecular flexibility index (Phi) is 6.76. The van der Waals surface area contributed by atoms with E-state index in [0.717, 1.165) is 30.1 Å². The van der Waals surface area contributed by atoms with Crippen LogP contribution in [-0.4, -0.2) is 12.9 Å².